The summed E-state index contributed by atoms with van der Waals surface area (Å²) in [6, 6.07) is 7.76. The highest BCUT2D eigenvalue weighted by Crippen LogP contribution is 2.43. The number of carbonyl (C=O) groups excluding carboxylic acids is 2. The highest BCUT2D eigenvalue weighted by atomic mass is 32.1. The van der Waals surface area contributed by atoms with E-state index in [0.29, 0.717) is 22.9 Å². The van der Waals surface area contributed by atoms with Crippen LogP contribution in [0.15, 0.2) is 24.3 Å². The second kappa shape index (κ2) is 9.21. The molecular weight excluding hydrogens is 398 g/mol. The van der Waals surface area contributed by atoms with Gasteiger partial charge < -0.3 is 14.8 Å². The van der Waals surface area contributed by atoms with Crippen molar-refractivity contribution in [2.75, 3.05) is 18.5 Å². The summed E-state index contributed by atoms with van der Waals surface area (Å²) in [7, 11) is 0. The highest BCUT2D eigenvalue weighted by Gasteiger charge is 2.31. The van der Waals surface area contributed by atoms with E-state index in [1.54, 1.807) is 6.92 Å². The number of anilines is 1. The number of thiophene rings is 1. The van der Waals surface area contributed by atoms with Gasteiger partial charge in [-0.25, -0.2) is 4.79 Å². The summed E-state index contributed by atoms with van der Waals surface area (Å²) < 4.78 is 11.1. The molecule has 1 heterocycles. The first-order chi connectivity index (χ1) is 14.2. The molecule has 1 aliphatic carbocycles. The van der Waals surface area contributed by atoms with Crippen LogP contribution in [0.4, 0.5) is 5.00 Å². The fraction of sp³-hybridized carbons (Fsp3) is 0.500. The Kier molecular flexibility index (Phi) is 6.86. The van der Waals surface area contributed by atoms with Crippen molar-refractivity contribution in [3.05, 3.63) is 45.8 Å². The van der Waals surface area contributed by atoms with E-state index in [4.69, 9.17) is 9.47 Å². The Balaban J connectivity index is 1.79. The van der Waals surface area contributed by atoms with Crippen LogP contribution in [0.5, 0.6) is 5.75 Å². The number of aryl methyl sites for hydroxylation is 1. The molecule has 0 saturated carbocycles. The van der Waals surface area contributed by atoms with Crippen LogP contribution >= 0.6 is 11.3 Å². The predicted molar refractivity (Wildman–Crippen MR) is 121 cm³/mol. The zero-order valence-corrected chi connectivity index (χ0v) is 19.3. The van der Waals surface area contributed by atoms with Crippen molar-refractivity contribution in [2.24, 2.45) is 0 Å². The minimum absolute atomic E-state index is 0.0902. The quantitative estimate of drug-likeness (QED) is 0.600. The van der Waals surface area contributed by atoms with Crippen LogP contribution in [-0.2, 0) is 21.4 Å². The van der Waals surface area contributed by atoms with Crippen LogP contribution in [-0.4, -0.2) is 25.1 Å². The van der Waals surface area contributed by atoms with Crippen LogP contribution < -0.4 is 10.1 Å². The lowest BCUT2D eigenvalue weighted by Crippen LogP contribution is -2.23. The molecule has 3 rings (SSSR count). The van der Waals surface area contributed by atoms with E-state index in [1.165, 1.54) is 16.2 Å². The van der Waals surface area contributed by atoms with E-state index in [2.05, 4.69) is 33.0 Å². The Morgan fingerprint density at radius 3 is 2.67 bits per heavy atom. The molecule has 1 atom stereocenters. The fourth-order valence-corrected chi connectivity index (χ4v) is 5.29. The Morgan fingerprint density at radius 2 is 1.97 bits per heavy atom. The molecule has 2 aromatic rings. The maximum Gasteiger partial charge on any atom is 0.341 e. The molecule has 1 unspecified atom stereocenters. The molecule has 0 spiro atoms. The number of ether oxygens (including phenoxy) is 2. The lowest BCUT2D eigenvalue weighted by atomic mass is 9.86. The lowest BCUT2D eigenvalue weighted by molar-refractivity contribution is -0.118. The second-order valence-corrected chi connectivity index (χ2v) is 9.84. The van der Waals surface area contributed by atoms with Gasteiger partial charge in [-0.15, -0.1) is 11.3 Å². The third kappa shape index (κ3) is 4.86. The third-order valence-corrected chi connectivity index (χ3v) is 6.52. The van der Waals surface area contributed by atoms with E-state index in [9.17, 15) is 9.59 Å². The summed E-state index contributed by atoms with van der Waals surface area (Å²) in [5.41, 5.74) is 2.52. The number of rotatable bonds is 6. The van der Waals surface area contributed by atoms with Gasteiger partial charge in [0.15, 0.2) is 6.61 Å². The maximum atomic E-state index is 12.7. The molecule has 0 aliphatic heterocycles. The summed E-state index contributed by atoms with van der Waals surface area (Å²) in [6.07, 6.45) is 3.06. The van der Waals surface area contributed by atoms with Crippen molar-refractivity contribution in [1.29, 1.82) is 0 Å². The molecule has 0 fully saturated rings. The first-order valence-electron chi connectivity index (χ1n) is 10.6. The largest absolute Gasteiger partial charge is 0.483 e. The number of para-hydroxylation sites is 1. The summed E-state index contributed by atoms with van der Waals surface area (Å²) in [6.45, 7) is 10.4. The number of esters is 1. The summed E-state index contributed by atoms with van der Waals surface area (Å²) in [4.78, 5) is 26.5. The summed E-state index contributed by atoms with van der Waals surface area (Å²) >= 11 is 1.49. The van der Waals surface area contributed by atoms with E-state index >= 15 is 0 Å². The van der Waals surface area contributed by atoms with Crippen molar-refractivity contribution < 1.29 is 19.1 Å². The van der Waals surface area contributed by atoms with Crippen molar-refractivity contribution in [3.8, 4) is 5.75 Å². The minimum Gasteiger partial charge on any atom is -0.483 e. The van der Waals surface area contributed by atoms with E-state index in [-0.39, 0.29) is 29.8 Å². The molecular formula is C24H31NO4S. The van der Waals surface area contributed by atoms with Gasteiger partial charge in [0.25, 0.3) is 5.91 Å². The monoisotopic (exact) mass is 429 g/mol. The van der Waals surface area contributed by atoms with Crippen molar-refractivity contribution in [1.82, 2.24) is 0 Å². The van der Waals surface area contributed by atoms with Crippen LogP contribution in [0, 0.1) is 0 Å². The third-order valence-electron chi connectivity index (χ3n) is 5.34. The van der Waals surface area contributed by atoms with Crippen molar-refractivity contribution in [2.45, 2.75) is 65.2 Å². The van der Waals surface area contributed by atoms with Gasteiger partial charge in [0, 0.05) is 4.88 Å². The number of fused-ring (bicyclic) bond motifs is 1. The minimum atomic E-state index is -0.363. The summed E-state index contributed by atoms with van der Waals surface area (Å²) in [5, 5.41) is 3.48. The standard InChI is InChI=1S/C24H31NO4S/c1-6-28-23(27)21-20-15(2)10-9-13-18(20)30-22(21)25-19(26)14-29-17-12-8-7-11-16(17)24(3,4)5/h7-8,11-12,15H,6,9-10,13-14H2,1-5H3,(H,25,26). The zero-order valence-electron chi connectivity index (χ0n) is 18.5. The molecule has 0 bridgehead atoms. The first-order valence-corrected chi connectivity index (χ1v) is 11.4. The van der Waals surface area contributed by atoms with Gasteiger partial charge in [-0.3, -0.25) is 4.79 Å². The SMILES string of the molecule is CCOC(=O)c1c(NC(=O)COc2ccccc2C(C)(C)C)sc2c1C(C)CCC2. The number of hydrogen-bond acceptors (Lipinski definition) is 5. The average Bonchev–Trinajstić information content (AvgIpc) is 3.05. The second-order valence-electron chi connectivity index (χ2n) is 8.74. The molecule has 6 heteroatoms. The number of nitrogens with one attached hydrogen (secondary N) is 1. The molecule has 1 aromatic heterocycles. The zero-order chi connectivity index (χ0) is 21.9. The molecule has 1 amide bonds. The Labute approximate surface area is 182 Å². The highest BCUT2D eigenvalue weighted by molar-refractivity contribution is 7.17. The van der Waals surface area contributed by atoms with Gasteiger partial charge in [0.2, 0.25) is 0 Å². The van der Waals surface area contributed by atoms with E-state index < -0.39 is 0 Å². The molecule has 1 N–H and O–H groups in total. The molecule has 1 aliphatic rings. The van der Waals surface area contributed by atoms with Crippen molar-refractivity contribution >= 4 is 28.2 Å². The Bertz CT molecular complexity index is 926. The number of carbonyl (C=O) groups is 2. The molecule has 5 nitrogen and oxygen atoms in total. The molecule has 30 heavy (non-hydrogen) atoms. The Hall–Kier alpha value is -2.34. The predicted octanol–water partition coefficient (Wildman–Crippen LogP) is 5.68. The van der Waals surface area contributed by atoms with Crippen LogP contribution in [0.3, 0.4) is 0 Å². The fourth-order valence-electron chi connectivity index (χ4n) is 3.92. The van der Waals surface area contributed by atoms with Crippen LogP contribution in [0.25, 0.3) is 0 Å². The topological polar surface area (TPSA) is 64.6 Å². The van der Waals surface area contributed by atoms with Gasteiger partial charge in [-0.1, -0.05) is 45.9 Å². The normalized spacial score (nSPS) is 16.0. The smallest absolute Gasteiger partial charge is 0.341 e. The van der Waals surface area contributed by atoms with Gasteiger partial charge in [0.1, 0.15) is 10.8 Å². The maximum absolute atomic E-state index is 12.7. The lowest BCUT2D eigenvalue weighted by Gasteiger charge is -2.22. The molecule has 1 aromatic carbocycles. The average molecular weight is 430 g/mol. The van der Waals surface area contributed by atoms with Crippen LogP contribution in [0.2, 0.25) is 0 Å². The van der Waals surface area contributed by atoms with Gasteiger partial charge in [0.05, 0.1) is 12.2 Å². The van der Waals surface area contributed by atoms with Gasteiger partial charge >= 0.3 is 5.97 Å². The number of amides is 1. The molecule has 162 valence electrons. The van der Waals surface area contributed by atoms with Gasteiger partial charge in [-0.05, 0) is 54.7 Å². The number of hydrogen-bond donors (Lipinski definition) is 1. The van der Waals surface area contributed by atoms with E-state index in [0.717, 1.165) is 30.4 Å². The van der Waals surface area contributed by atoms with E-state index in [1.807, 2.05) is 24.3 Å². The van der Waals surface area contributed by atoms with Crippen molar-refractivity contribution in [3.63, 3.8) is 0 Å². The molecule has 0 radical (unpaired) electrons. The Morgan fingerprint density at radius 1 is 1.23 bits per heavy atom. The van der Waals surface area contributed by atoms with Crippen LogP contribution in [0.1, 0.15) is 79.7 Å². The van der Waals surface area contributed by atoms with Gasteiger partial charge in [-0.2, -0.15) is 0 Å². The number of benzene rings is 1. The first kappa shape index (κ1) is 22.3. The molecule has 0 saturated heterocycles. The summed E-state index contributed by atoms with van der Waals surface area (Å²) in [5.74, 6) is 0.336.